The minimum absolute atomic E-state index is 0.125. The molecule has 0 saturated heterocycles. The molecule has 0 amide bonds. The molecule has 0 aliphatic carbocycles. The number of hydrogen-bond acceptors (Lipinski definition) is 6. The van der Waals surface area contributed by atoms with Crippen LogP contribution in [0.2, 0.25) is 0 Å². The molecule has 0 aromatic carbocycles. The Bertz CT molecular complexity index is 776. The number of aromatic nitrogens is 3. The fourth-order valence-corrected chi connectivity index (χ4v) is 2.82. The summed E-state index contributed by atoms with van der Waals surface area (Å²) >= 11 is 3.23. The van der Waals surface area contributed by atoms with Crippen LogP contribution in [0.15, 0.2) is 34.0 Å². The predicted molar refractivity (Wildman–Crippen MR) is 73.0 cm³/mol. The molecule has 11 heteroatoms. The monoisotopic (exact) mass is 380 g/mol. The zero-order valence-corrected chi connectivity index (χ0v) is 12.8. The lowest BCUT2D eigenvalue weighted by atomic mass is 10.3. The van der Waals surface area contributed by atoms with Crippen molar-refractivity contribution in [1.82, 2.24) is 14.8 Å². The van der Waals surface area contributed by atoms with Gasteiger partial charge in [-0.15, -0.1) is 0 Å². The van der Waals surface area contributed by atoms with Gasteiger partial charge in [-0.3, -0.25) is 4.98 Å². The third-order valence-corrected chi connectivity index (χ3v) is 4.00. The molecule has 0 fully saturated rings. The average molecular weight is 382 g/mol. The molecule has 8 nitrogen and oxygen atoms in total. The van der Waals surface area contributed by atoms with E-state index in [2.05, 4.69) is 26.0 Å². The number of pyridine rings is 1. The predicted octanol–water partition coefficient (Wildman–Crippen LogP) is 1.92. The molecule has 0 aliphatic rings. The Balaban J connectivity index is 2.42. The molecule has 2 aromatic heterocycles. The first kappa shape index (κ1) is 14.9. The quantitative estimate of drug-likeness (QED) is 0.455. The van der Waals surface area contributed by atoms with E-state index in [1.165, 1.54) is 6.20 Å². The van der Waals surface area contributed by atoms with Gasteiger partial charge in [-0.1, -0.05) is 0 Å². The second kappa shape index (κ2) is 5.46. The highest BCUT2D eigenvalue weighted by Gasteiger charge is 2.29. The van der Waals surface area contributed by atoms with E-state index in [9.17, 15) is 18.5 Å². The summed E-state index contributed by atoms with van der Waals surface area (Å²) in [5, 5.41) is 14.4. The minimum Gasteiger partial charge on any atom is -0.358 e. The summed E-state index contributed by atoms with van der Waals surface area (Å²) in [4.78, 5) is 13.2. The first-order valence-corrected chi connectivity index (χ1v) is 8.13. The second-order valence-electron chi connectivity index (χ2n) is 3.72. The SMILES string of the molecule is O=[N+]([O-])c1nn(Cc2cncc(Br)c2)cc1S(=O)(=O)Cl. The van der Waals surface area contributed by atoms with Crippen LogP contribution in [0, 0.1) is 10.1 Å². The maximum Gasteiger partial charge on any atom is 0.410 e. The lowest BCUT2D eigenvalue weighted by Gasteiger charge is -1.98. The van der Waals surface area contributed by atoms with E-state index in [0.717, 1.165) is 15.4 Å². The van der Waals surface area contributed by atoms with Gasteiger partial charge < -0.3 is 10.1 Å². The normalized spacial score (nSPS) is 11.5. The van der Waals surface area contributed by atoms with Gasteiger partial charge in [-0.2, -0.15) is 4.68 Å². The van der Waals surface area contributed by atoms with Crippen molar-refractivity contribution in [1.29, 1.82) is 0 Å². The molecular weight excluding hydrogens is 376 g/mol. The van der Waals surface area contributed by atoms with Crippen LogP contribution in [0.25, 0.3) is 0 Å². The van der Waals surface area contributed by atoms with Crippen molar-refractivity contribution in [3.05, 3.63) is 44.8 Å². The van der Waals surface area contributed by atoms with E-state index in [-0.39, 0.29) is 6.54 Å². The number of nitrogens with zero attached hydrogens (tertiary/aromatic N) is 4. The summed E-state index contributed by atoms with van der Waals surface area (Å²) in [6.07, 6.45) is 4.12. The molecule has 2 heterocycles. The second-order valence-corrected chi connectivity index (χ2v) is 7.17. The van der Waals surface area contributed by atoms with Crippen LogP contribution in [-0.2, 0) is 15.6 Å². The van der Waals surface area contributed by atoms with Gasteiger partial charge >= 0.3 is 5.82 Å². The van der Waals surface area contributed by atoms with E-state index < -0.39 is 24.7 Å². The van der Waals surface area contributed by atoms with Gasteiger partial charge in [0.1, 0.15) is 0 Å². The van der Waals surface area contributed by atoms with E-state index in [4.69, 9.17) is 10.7 Å². The highest BCUT2D eigenvalue weighted by molar-refractivity contribution is 9.10. The Morgan fingerprint density at radius 2 is 2.15 bits per heavy atom. The molecule has 20 heavy (non-hydrogen) atoms. The van der Waals surface area contributed by atoms with Gasteiger partial charge in [0.25, 0.3) is 9.05 Å². The van der Waals surface area contributed by atoms with Gasteiger partial charge in [0.15, 0.2) is 0 Å². The molecule has 0 saturated carbocycles. The molecule has 0 N–H and O–H groups in total. The fourth-order valence-electron chi connectivity index (χ4n) is 1.50. The van der Waals surface area contributed by atoms with Crippen molar-refractivity contribution in [3.63, 3.8) is 0 Å². The van der Waals surface area contributed by atoms with Gasteiger partial charge in [0.2, 0.25) is 4.90 Å². The van der Waals surface area contributed by atoms with Crippen LogP contribution in [0.3, 0.4) is 0 Å². The Morgan fingerprint density at radius 1 is 1.45 bits per heavy atom. The summed E-state index contributed by atoms with van der Waals surface area (Å²) in [5.74, 6) is -0.803. The smallest absolute Gasteiger partial charge is 0.358 e. The molecule has 0 unspecified atom stereocenters. The van der Waals surface area contributed by atoms with E-state index in [0.29, 0.717) is 5.56 Å². The standard InChI is InChI=1S/C9H6BrClN4O4S/c10-7-1-6(2-12-3-7)4-14-5-8(20(11,18)19)9(13-14)15(16)17/h1-3,5H,4H2. The summed E-state index contributed by atoms with van der Waals surface area (Å²) in [6, 6.07) is 1.73. The third kappa shape index (κ3) is 3.32. The number of halogens is 2. The average Bonchev–Trinajstić information content (AvgIpc) is 2.73. The number of nitro groups is 1. The third-order valence-electron chi connectivity index (χ3n) is 2.25. The highest BCUT2D eigenvalue weighted by Crippen LogP contribution is 2.25. The molecule has 2 rings (SSSR count). The van der Waals surface area contributed by atoms with Gasteiger partial charge in [-0.25, -0.2) is 8.42 Å². The van der Waals surface area contributed by atoms with Crippen LogP contribution in [-0.4, -0.2) is 28.1 Å². The van der Waals surface area contributed by atoms with E-state index >= 15 is 0 Å². The lowest BCUT2D eigenvalue weighted by molar-refractivity contribution is -0.392. The zero-order chi connectivity index (χ0) is 14.9. The van der Waals surface area contributed by atoms with Crippen LogP contribution in [0.4, 0.5) is 5.82 Å². The van der Waals surface area contributed by atoms with E-state index in [1.807, 2.05) is 0 Å². The van der Waals surface area contributed by atoms with Gasteiger partial charge in [0.05, 0.1) is 17.8 Å². The fraction of sp³-hybridized carbons (Fsp3) is 0.111. The van der Waals surface area contributed by atoms with Gasteiger partial charge in [0, 0.05) is 27.5 Å². The summed E-state index contributed by atoms with van der Waals surface area (Å²) in [7, 11) is 0.908. The zero-order valence-electron chi connectivity index (χ0n) is 9.60. The highest BCUT2D eigenvalue weighted by atomic mass is 79.9. The van der Waals surface area contributed by atoms with Crippen LogP contribution >= 0.6 is 26.6 Å². The lowest BCUT2D eigenvalue weighted by Crippen LogP contribution is -2.01. The molecular formula is C9H6BrClN4O4S. The van der Waals surface area contributed by atoms with Crippen molar-refractivity contribution in [3.8, 4) is 0 Å². The number of rotatable bonds is 4. The van der Waals surface area contributed by atoms with Crippen molar-refractivity contribution in [2.45, 2.75) is 11.4 Å². The summed E-state index contributed by atoms with van der Waals surface area (Å²) < 4.78 is 24.4. The van der Waals surface area contributed by atoms with Crippen molar-refractivity contribution < 1.29 is 13.3 Å². The Labute approximate surface area is 126 Å². The number of hydrogen-bond donors (Lipinski definition) is 0. The first-order chi connectivity index (χ1) is 9.27. The van der Waals surface area contributed by atoms with Crippen LogP contribution in [0.5, 0.6) is 0 Å². The molecule has 106 valence electrons. The maximum atomic E-state index is 11.3. The Hall–Kier alpha value is -1.52. The largest absolute Gasteiger partial charge is 0.410 e. The molecule has 0 radical (unpaired) electrons. The Kier molecular flexibility index (Phi) is 4.06. The van der Waals surface area contributed by atoms with Gasteiger partial charge in [-0.05, 0) is 32.5 Å². The molecule has 0 atom stereocenters. The molecule has 2 aromatic rings. The Morgan fingerprint density at radius 3 is 2.65 bits per heavy atom. The summed E-state index contributed by atoms with van der Waals surface area (Å²) in [5.41, 5.74) is 0.690. The van der Waals surface area contributed by atoms with Crippen molar-refractivity contribution >= 4 is 41.5 Å². The van der Waals surface area contributed by atoms with Crippen LogP contribution < -0.4 is 0 Å². The van der Waals surface area contributed by atoms with Crippen molar-refractivity contribution in [2.75, 3.05) is 0 Å². The maximum absolute atomic E-state index is 11.3. The molecule has 0 bridgehead atoms. The summed E-state index contributed by atoms with van der Waals surface area (Å²) in [6.45, 7) is 0.125. The molecule has 0 spiro atoms. The van der Waals surface area contributed by atoms with E-state index in [1.54, 1.807) is 12.3 Å². The van der Waals surface area contributed by atoms with Crippen molar-refractivity contribution in [2.24, 2.45) is 0 Å². The minimum atomic E-state index is -4.24. The topological polar surface area (TPSA) is 108 Å². The first-order valence-electron chi connectivity index (χ1n) is 5.03. The van der Waals surface area contributed by atoms with Crippen LogP contribution in [0.1, 0.15) is 5.56 Å². The molecule has 0 aliphatic heterocycles.